The van der Waals surface area contributed by atoms with Crippen molar-refractivity contribution in [2.45, 2.75) is 26.9 Å². The summed E-state index contributed by atoms with van der Waals surface area (Å²) in [4.78, 5) is 19.7. The van der Waals surface area contributed by atoms with Crippen LogP contribution in [0.5, 0.6) is 0 Å². The molecule has 4 aromatic rings. The van der Waals surface area contributed by atoms with Crippen LogP contribution in [0, 0.1) is 20.3 Å². The number of carbonyl (C=O) groups is 1. The van der Waals surface area contributed by atoms with Crippen LogP contribution in [0.4, 0.5) is 24.5 Å². The van der Waals surface area contributed by atoms with E-state index < -0.39 is 11.7 Å². The number of aliphatic imine (C=N–C) groups is 2. The smallest absolute Gasteiger partial charge is 0.418 e. The quantitative estimate of drug-likeness (QED) is 0.136. The molecule has 0 unspecified atom stereocenters. The summed E-state index contributed by atoms with van der Waals surface area (Å²) in [6.07, 6.45) is -4.49. The zero-order chi connectivity index (χ0) is 27.4. The third kappa shape index (κ3) is 6.86. The van der Waals surface area contributed by atoms with Crippen LogP contribution in [0.1, 0.15) is 36.1 Å². The van der Waals surface area contributed by atoms with Crippen molar-refractivity contribution in [3.8, 4) is 0 Å². The Morgan fingerprint density at radius 3 is 1.75 bits per heavy atom. The molecule has 0 amide bonds. The second-order valence-corrected chi connectivity index (χ2v) is 9.11. The summed E-state index contributed by atoms with van der Waals surface area (Å²) in [5, 5.41) is 1.96. The fraction of sp³-hybridized carbons (Fsp3) is 0.188. The van der Waals surface area contributed by atoms with Crippen LogP contribution in [0.25, 0.3) is 10.8 Å². The van der Waals surface area contributed by atoms with Crippen molar-refractivity contribution in [3.63, 3.8) is 0 Å². The average Bonchev–Trinajstić information content (AvgIpc) is 3.19. The molecule has 0 spiro atoms. The maximum absolute atomic E-state index is 13.6. The number of alkyl halides is 3. The van der Waals surface area contributed by atoms with Crippen molar-refractivity contribution < 1.29 is 39.2 Å². The molecule has 40 heavy (non-hydrogen) atoms. The Kier molecular flexibility index (Phi) is 11.0. The molecule has 0 aliphatic heterocycles. The van der Waals surface area contributed by atoms with Crippen molar-refractivity contribution in [1.29, 1.82) is 0 Å². The third-order valence-corrected chi connectivity index (χ3v) is 6.10. The van der Waals surface area contributed by atoms with Crippen LogP contribution >= 0.6 is 0 Å². The SMILES string of the molecule is COC(=O)C(C)C.Cc1ccccc1N=C1C(=Nc2ccccc2C(F)(F)F)c2cccc3cccc1c23.[CH3-].[Ni]. The molecule has 0 radical (unpaired) electrons. The minimum atomic E-state index is -4.49. The molecule has 4 nitrogen and oxygen atoms in total. The average molecular weight is 590 g/mol. The van der Waals surface area contributed by atoms with Crippen LogP contribution in [-0.4, -0.2) is 24.5 Å². The predicted octanol–water partition coefficient (Wildman–Crippen LogP) is 8.69. The zero-order valence-corrected chi connectivity index (χ0v) is 23.8. The van der Waals surface area contributed by atoms with Crippen LogP contribution in [-0.2, 0) is 32.2 Å². The normalized spacial score (nSPS) is 13.9. The molecule has 0 heterocycles. The van der Waals surface area contributed by atoms with Crippen molar-refractivity contribution in [3.05, 3.63) is 115 Å². The van der Waals surface area contributed by atoms with Gasteiger partial charge in [0.2, 0.25) is 0 Å². The van der Waals surface area contributed by atoms with Gasteiger partial charge in [-0.05, 0) is 36.1 Å². The Hall–Kier alpha value is -3.77. The molecule has 0 atom stereocenters. The van der Waals surface area contributed by atoms with Crippen molar-refractivity contribution in [2.24, 2.45) is 15.9 Å². The molecule has 0 aromatic heterocycles. The van der Waals surface area contributed by atoms with Gasteiger partial charge in [-0.3, -0.25) is 4.79 Å². The first-order valence-corrected chi connectivity index (χ1v) is 12.1. The monoisotopic (exact) mass is 589 g/mol. The van der Waals surface area contributed by atoms with Crippen LogP contribution in [0.2, 0.25) is 0 Å². The van der Waals surface area contributed by atoms with Crippen molar-refractivity contribution >= 4 is 39.5 Å². The Morgan fingerprint density at radius 2 is 1.27 bits per heavy atom. The van der Waals surface area contributed by atoms with Gasteiger partial charge < -0.3 is 12.2 Å². The molecule has 212 valence electrons. The number of hydrogen-bond acceptors (Lipinski definition) is 4. The summed E-state index contributed by atoms with van der Waals surface area (Å²) < 4.78 is 45.2. The minimum Gasteiger partial charge on any atom is -0.469 e. The molecular weight excluding hydrogens is 560 g/mol. The first kappa shape index (κ1) is 32.4. The number of esters is 1. The summed E-state index contributed by atoms with van der Waals surface area (Å²) in [6.45, 7) is 5.55. The summed E-state index contributed by atoms with van der Waals surface area (Å²) in [5.41, 5.74) is 3.56. The van der Waals surface area contributed by atoms with E-state index in [4.69, 9.17) is 4.99 Å². The van der Waals surface area contributed by atoms with E-state index in [0.29, 0.717) is 11.4 Å². The molecule has 0 N–H and O–H groups in total. The number of benzene rings is 4. The molecule has 1 aliphatic carbocycles. The van der Waals surface area contributed by atoms with Crippen molar-refractivity contribution in [1.82, 2.24) is 0 Å². The van der Waals surface area contributed by atoms with E-state index in [1.54, 1.807) is 19.9 Å². The van der Waals surface area contributed by atoms with E-state index in [9.17, 15) is 18.0 Å². The molecule has 0 saturated heterocycles. The van der Waals surface area contributed by atoms with Gasteiger partial charge in [-0.1, -0.05) is 80.6 Å². The Balaban J connectivity index is 0.000000556. The topological polar surface area (TPSA) is 51.0 Å². The summed E-state index contributed by atoms with van der Waals surface area (Å²) >= 11 is 0. The van der Waals surface area contributed by atoms with Gasteiger partial charge in [0.25, 0.3) is 0 Å². The number of hydrogen-bond donors (Lipinski definition) is 0. The van der Waals surface area contributed by atoms with Crippen LogP contribution in [0.15, 0.2) is 94.9 Å². The van der Waals surface area contributed by atoms with Gasteiger partial charge in [-0.25, -0.2) is 9.98 Å². The Morgan fingerprint density at radius 1 is 0.775 bits per heavy atom. The molecule has 4 aromatic carbocycles. The summed E-state index contributed by atoms with van der Waals surface area (Å²) in [5.74, 6) is -0.148. The molecule has 0 saturated carbocycles. The molecule has 0 bridgehead atoms. The van der Waals surface area contributed by atoms with Crippen LogP contribution in [0.3, 0.4) is 0 Å². The molecule has 8 heteroatoms. The van der Waals surface area contributed by atoms with Gasteiger partial charge in [-0.15, -0.1) is 0 Å². The van der Waals surface area contributed by atoms with E-state index in [2.05, 4.69) is 9.73 Å². The fourth-order valence-corrected chi connectivity index (χ4v) is 4.19. The number of ether oxygens (including phenoxy) is 1. The van der Waals surface area contributed by atoms with Crippen LogP contribution < -0.4 is 0 Å². The van der Waals surface area contributed by atoms with Gasteiger partial charge in [-0.2, -0.15) is 13.2 Å². The van der Waals surface area contributed by atoms with Gasteiger partial charge >= 0.3 is 12.1 Å². The van der Waals surface area contributed by atoms with Crippen molar-refractivity contribution in [2.75, 3.05) is 7.11 Å². The number of methoxy groups -OCH3 is 1. The Labute approximate surface area is 242 Å². The molecule has 0 fully saturated rings. The van der Waals surface area contributed by atoms with Gasteiger partial charge in [0, 0.05) is 33.0 Å². The maximum Gasteiger partial charge on any atom is 0.418 e. The Bertz CT molecular complexity index is 1550. The first-order chi connectivity index (χ1) is 18.1. The number of para-hydroxylation sites is 2. The summed E-state index contributed by atoms with van der Waals surface area (Å²) in [7, 11) is 1.39. The van der Waals surface area contributed by atoms with Gasteiger partial charge in [0.15, 0.2) is 0 Å². The van der Waals surface area contributed by atoms with E-state index in [0.717, 1.165) is 39.2 Å². The maximum atomic E-state index is 13.6. The number of rotatable bonds is 3. The number of carbonyl (C=O) groups excluding carboxylic acids is 1. The predicted molar refractivity (Wildman–Crippen MR) is 152 cm³/mol. The van der Waals surface area contributed by atoms with E-state index in [-0.39, 0.29) is 41.5 Å². The minimum absolute atomic E-state index is 0. The molecule has 5 rings (SSSR count). The van der Waals surface area contributed by atoms with Gasteiger partial charge in [0.1, 0.15) is 0 Å². The number of halogens is 3. The first-order valence-electron chi connectivity index (χ1n) is 12.1. The van der Waals surface area contributed by atoms with E-state index in [1.165, 1.54) is 19.2 Å². The standard InChI is InChI=1S/C26H17F3N2.C5H10O2.CH3.Ni/c1-16-8-2-4-14-21(16)30-24-18-11-6-9-17-10-7-12-19(23(17)18)25(24)31-22-15-5-3-13-20(22)26(27,28)29;1-4(2)5(6)7-3;;/h2-15H,1H3;4H,1-3H3;1H3;/q;;-1;. The largest absolute Gasteiger partial charge is 0.469 e. The summed E-state index contributed by atoms with van der Waals surface area (Å²) in [6, 6.07) is 24.7. The number of aryl methyl sites for hydroxylation is 1. The van der Waals surface area contributed by atoms with E-state index in [1.807, 2.05) is 67.6 Å². The fourth-order valence-electron chi connectivity index (χ4n) is 4.19. The second-order valence-electron chi connectivity index (χ2n) is 9.11. The van der Waals surface area contributed by atoms with E-state index >= 15 is 0 Å². The zero-order valence-electron chi connectivity index (χ0n) is 22.8. The molecular formula is C32H30F3N2NiO2-. The third-order valence-electron chi connectivity index (χ3n) is 6.10. The van der Waals surface area contributed by atoms with Gasteiger partial charge in [0.05, 0.1) is 41.4 Å². The molecule has 1 aliphatic rings. The number of nitrogens with zero attached hydrogens (tertiary/aromatic N) is 2. The second kappa shape index (κ2) is 13.5.